The summed E-state index contributed by atoms with van der Waals surface area (Å²) < 4.78 is 5.88. The van der Waals surface area contributed by atoms with Crippen LogP contribution in [0.2, 0.25) is 0 Å². The van der Waals surface area contributed by atoms with Gasteiger partial charge in [0.15, 0.2) is 0 Å². The van der Waals surface area contributed by atoms with Crippen molar-refractivity contribution >= 4 is 0 Å². The highest BCUT2D eigenvalue weighted by molar-refractivity contribution is 4.85. The second-order valence-corrected chi connectivity index (χ2v) is 5.50. The largest absolute Gasteiger partial charge is 0.387 e. The van der Waals surface area contributed by atoms with Crippen LogP contribution in [0.3, 0.4) is 0 Å². The van der Waals surface area contributed by atoms with Crippen LogP contribution in [-0.4, -0.2) is 36.5 Å². The van der Waals surface area contributed by atoms with Gasteiger partial charge in [-0.2, -0.15) is 0 Å². The molecule has 94 valence electrons. The average Bonchev–Trinajstić information content (AvgIpc) is 2.75. The third-order valence-electron chi connectivity index (χ3n) is 4.20. The summed E-state index contributed by atoms with van der Waals surface area (Å²) in [5.41, 5.74) is -0.500. The van der Waals surface area contributed by atoms with E-state index in [9.17, 15) is 5.11 Å². The fourth-order valence-electron chi connectivity index (χ4n) is 2.97. The highest BCUT2D eigenvalue weighted by atomic mass is 16.5. The zero-order valence-electron chi connectivity index (χ0n) is 10.4. The van der Waals surface area contributed by atoms with Gasteiger partial charge in [-0.05, 0) is 45.6 Å². The summed E-state index contributed by atoms with van der Waals surface area (Å²) in [5.74, 6) is 0. The van der Waals surface area contributed by atoms with Crippen molar-refractivity contribution in [2.24, 2.45) is 0 Å². The van der Waals surface area contributed by atoms with Crippen molar-refractivity contribution in [2.75, 3.05) is 13.7 Å². The predicted octanol–water partition coefficient (Wildman–Crippen LogP) is 1.84. The smallest absolute Gasteiger partial charge is 0.0880 e. The molecule has 0 unspecified atom stereocenters. The van der Waals surface area contributed by atoms with Crippen LogP contribution in [0.15, 0.2) is 0 Å². The highest BCUT2D eigenvalue weighted by Crippen LogP contribution is 2.31. The predicted molar refractivity (Wildman–Crippen MR) is 64.5 cm³/mol. The number of nitrogens with one attached hydrogen (secondary N) is 1. The molecule has 2 saturated carbocycles. The Morgan fingerprint density at radius 1 is 1.19 bits per heavy atom. The van der Waals surface area contributed by atoms with Gasteiger partial charge in [-0.3, -0.25) is 0 Å². The van der Waals surface area contributed by atoms with Crippen LogP contribution in [0.4, 0.5) is 0 Å². The van der Waals surface area contributed by atoms with Crippen LogP contribution < -0.4 is 5.32 Å². The van der Waals surface area contributed by atoms with Crippen molar-refractivity contribution in [3.63, 3.8) is 0 Å². The Hall–Kier alpha value is -0.120. The van der Waals surface area contributed by atoms with Gasteiger partial charge < -0.3 is 15.2 Å². The molecule has 0 radical (unpaired) electrons. The van der Waals surface area contributed by atoms with E-state index in [2.05, 4.69) is 5.32 Å². The molecule has 0 aliphatic heterocycles. The fourth-order valence-corrected chi connectivity index (χ4v) is 2.97. The highest BCUT2D eigenvalue weighted by Gasteiger charge is 2.32. The van der Waals surface area contributed by atoms with Gasteiger partial charge in [0.25, 0.3) is 0 Å². The van der Waals surface area contributed by atoms with E-state index >= 15 is 0 Å². The fraction of sp³-hybridized carbons (Fsp3) is 1.00. The summed E-state index contributed by atoms with van der Waals surface area (Å²) in [6, 6.07) is 0.675. The molecular formula is C13H25NO2. The summed E-state index contributed by atoms with van der Waals surface area (Å²) in [6.45, 7) is 0.557. The van der Waals surface area contributed by atoms with Gasteiger partial charge in [0.1, 0.15) is 0 Å². The van der Waals surface area contributed by atoms with E-state index in [1.165, 1.54) is 12.8 Å². The Balaban J connectivity index is 1.67. The summed E-state index contributed by atoms with van der Waals surface area (Å²) in [7, 11) is 2.03. The molecule has 0 aromatic heterocycles. The number of hydrogen-bond donors (Lipinski definition) is 2. The number of aliphatic hydroxyl groups is 1. The molecule has 2 fully saturated rings. The van der Waals surface area contributed by atoms with Crippen molar-refractivity contribution in [1.82, 2.24) is 5.32 Å². The van der Waals surface area contributed by atoms with Crippen LogP contribution in [0, 0.1) is 0 Å². The topological polar surface area (TPSA) is 41.5 Å². The van der Waals surface area contributed by atoms with E-state index < -0.39 is 5.60 Å². The molecule has 0 heterocycles. The molecule has 0 amide bonds. The number of hydrogen-bond acceptors (Lipinski definition) is 3. The average molecular weight is 227 g/mol. The lowest BCUT2D eigenvalue weighted by Gasteiger charge is -2.31. The quantitative estimate of drug-likeness (QED) is 0.770. The van der Waals surface area contributed by atoms with Crippen molar-refractivity contribution in [1.29, 1.82) is 0 Å². The lowest BCUT2D eigenvalue weighted by Crippen LogP contribution is -2.37. The lowest BCUT2D eigenvalue weighted by molar-refractivity contribution is -0.0785. The van der Waals surface area contributed by atoms with E-state index in [4.69, 9.17) is 4.74 Å². The first-order valence-electron chi connectivity index (χ1n) is 6.73. The molecule has 0 saturated heterocycles. The minimum atomic E-state index is -0.500. The Kier molecular flexibility index (Phi) is 4.22. The second-order valence-electron chi connectivity index (χ2n) is 5.50. The van der Waals surface area contributed by atoms with Gasteiger partial charge in [-0.25, -0.2) is 0 Å². The van der Waals surface area contributed by atoms with Crippen LogP contribution in [0.5, 0.6) is 0 Å². The summed E-state index contributed by atoms with van der Waals surface area (Å²) in [6.07, 6.45) is 9.26. The summed E-state index contributed by atoms with van der Waals surface area (Å²) in [4.78, 5) is 0. The van der Waals surface area contributed by atoms with Crippen molar-refractivity contribution < 1.29 is 9.84 Å². The molecular weight excluding hydrogens is 202 g/mol. The zero-order valence-corrected chi connectivity index (χ0v) is 10.4. The second kappa shape index (κ2) is 5.48. The maximum Gasteiger partial charge on any atom is 0.0880 e. The van der Waals surface area contributed by atoms with Gasteiger partial charge >= 0.3 is 0 Å². The normalized spacial score (nSPS) is 34.1. The maximum absolute atomic E-state index is 10.2. The van der Waals surface area contributed by atoms with Crippen LogP contribution >= 0.6 is 0 Å². The minimum Gasteiger partial charge on any atom is -0.387 e. The van der Waals surface area contributed by atoms with E-state index in [0.717, 1.165) is 38.5 Å². The Labute approximate surface area is 98.6 Å². The maximum atomic E-state index is 10.2. The van der Waals surface area contributed by atoms with Crippen molar-refractivity contribution in [2.45, 2.75) is 69.1 Å². The van der Waals surface area contributed by atoms with Gasteiger partial charge in [0.2, 0.25) is 0 Å². The molecule has 3 heteroatoms. The standard InChI is InChI=1S/C13H25NO2/c1-14-11-4-6-12(7-5-11)16-10-13(15)8-2-3-9-13/h11-12,14-15H,2-10H2,1H3. The molecule has 2 rings (SSSR count). The summed E-state index contributed by atoms with van der Waals surface area (Å²) in [5, 5.41) is 13.5. The van der Waals surface area contributed by atoms with Crippen molar-refractivity contribution in [3.05, 3.63) is 0 Å². The number of rotatable bonds is 4. The van der Waals surface area contributed by atoms with Gasteiger partial charge in [-0.15, -0.1) is 0 Å². The van der Waals surface area contributed by atoms with Crippen molar-refractivity contribution in [3.8, 4) is 0 Å². The molecule has 16 heavy (non-hydrogen) atoms. The number of ether oxygens (including phenoxy) is 1. The third-order valence-corrected chi connectivity index (χ3v) is 4.20. The molecule has 2 N–H and O–H groups in total. The first kappa shape index (κ1) is 12.3. The Morgan fingerprint density at radius 3 is 2.38 bits per heavy atom. The van der Waals surface area contributed by atoms with Gasteiger partial charge in [0.05, 0.1) is 18.3 Å². The minimum absolute atomic E-state index is 0.384. The molecule has 0 aromatic carbocycles. The summed E-state index contributed by atoms with van der Waals surface area (Å²) >= 11 is 0. The zero-order chi connectivity index (χ0) is 11.4. The van der Waals surface area contributed by atoms with Gasteiger partial charge in [-0.1, -0.05) is 12.8 Å². The first-order valence-corrected chi connectivity index (χ1v) is 6.73. The molecule has 2 aliphatic rings. The van der Waals surface area contributed by atoms with Crippen LogP contribution in [0.1, 0.15) is 51.4 Å². The molecule has 0 bridgehead atoms. The van der Waals surface area contributed by atoms with E-state index in [-0.39, 0.29) is 0 Å². The lowest BCUT2D eigenvalue weighted by atomic mass is 9.93. The molecule has 2 aliphatic carbocycles. The van der Waals surface area contributed by atoms with E-state index in [1.54, 1.807) is 0 Å². The first-order chi connectivity index (χ1) is 7.72. The molecule has 0 atom stereocenters. The van der Waals surface area contributed by atoms with E-state index in [0.29, 0.717) is 18.8 Å². The van der Waals surface area contributed by atoms with Crippen LogP contribution in [-0.2, 0) is 4.74 Å². The Morgan fingerprint density at radius 2 is 1.81 bits per heavy atom. The third kappa shape index (κ3) is 3.19. The van der Waals surface area contributed by atoms with Gasteiger partial charge in [0, 0.05) is 6.04 Å². The SMILES string of the molecule is CNC1CCC(OCC2(O)CCCC2)CC1. The monoisotopic (exact) mass is 227 g/mol. The Bertz CT molecular complexity index is 206. The molecule has 0 spiro atoms. The molecule has 3 nitrogen and oxygen atoms in total. The van der Waals surface area contributed by atoms with Crippen LogP contribution in [0.25, 0.3) is 0 Å². The molecule has 0 aromatic rings. The van der Waals surface area contributed by atoms with E-state index in [1.807, 2.05) is 7.05 Å².